The van der Waals surface area contributed by atoms with Gasteiger partial charge in [-0.15, -0.1) is 0 Å². The largest absolute Gasteiger partial charge is 0.355 e. The van der Waals surface area contributed by atoms with Crippen molar-refractivity contribution in [2.75, 3.05) is 6.54 Å². The molecule has 0 fully saturated rings. The number of carbonyl (C=O) groups excluding carboxylic acids is 1. The smallest absolute Gasteiger partial charge is 0.231 e. The van der Waals surface area contributed by atoms with Crippen LogP contribution in [0.3, 0.4) is 0 Å². The van der Waals surface area contributed by atoms with E-state index >= 15 is 0 Å². The van der Waals surface area contributed by atoms with Gasteiger partial charge in [0.1, 0.15) is 5.92 Å². The summed E-state index contributed by atoms with van der Waals surface area (Å²) in [6.07, 6.45) is 1.78. The number of nitrogens with zero attached hydrogens (tertiary/aromatic N) is 3. The number of halogens is 2. The summed E-state index contributed by atoms with van der Waals surface area (Å²) in [4.78, 5) is 17.9. The lowest BCUT2D eigenvalue weighted by molar-refractivity contribution is -0.123. The van der Waals surface area contributed by atoms with Crippen LogP contribution in [-0.4, -0.2) is 27.9 Å². The quantitative estimate of drug-likeness (QED) is 0.495. The van der Waals surface area contributed by atoms with Crippen molar-refractivity contribution < 1.29 is 4.79 Å². The lowest BCUT2D eigenvalue weighted by Gasteiger charge is -2.31. The number of hydrogen-bond acceptors (Lipinski definition) is 3. The number of amides is 1. The molecule has 3 aromatic rings. The van der Waals surface area contributed by atoms with Crippen molar-refractivity contribution in [2.24, 2.45) is 10.9 Å². The highest BCUT2D eigenvalue weighted by molar-refractivity contribution is 6.42. The molecule has 0 spiro atoms. The number of fused-ring (bicyclic) bond motifs is 1. The predicted octanol–water partition coefficient (Wildman–Crippen LogP) is 5.56. The van der Waals surface area contributed by atoms with Gasteiger partial charge >= 0.3 is 0 Å². The average molecular weight is 455 g/mol. The van der Waals surface area contributed by atoms with E-state index in [2.05, 4.69) is 27.5 Å². The summed E-state index contributed by atoms with van der Waals surface area (Å²) in [7, 11) is 0. The Morgan fingerprint density at radius 2 is 1.84 bits per heavy atom. The van der Waals surface area contributed by atoms with Crippen molar-refractivity contribution in [3.05, 3.63) is 81.5 Å². The van der Waals surface area contributed by atoms with Gasteiger partial charge in [0.25, 0.3) is 0 Å². The third-order valence-electron chi connectivity index (χ3n) is 5.51. The lowest BCUT2D eigenvalue weighted by Crippen LogP contribution is -2.42. The van der Waals surface area contributed by atoms with Crippen LogP contribution in [0.4, 0.5) is 5.82 Å². The third-order valence-corrected chi connectivity index (χ3v) is 6.25. The molecule has 0 radical (unpaired) electrons. The van der Waals surface area contributed by atoms with Crippen LogP contribution in [0.2, 0.25) is 10.0 Å². The van der Waals surface area contributed by atoms with E-state index in [1.165, 1.54) is 5.56 Å². The van der Waals surface area contributed by atoms with E-state index in [0.717, 1.165) is 35.6 Å². The fourth-order valence-electron chi connectivity index (χ4n) is 4.03. The average Bonchev–Trinajstić information content (AvgIpc) is 3.12. The minimum atomic E-state index is -0.485. The Morgan fingerprint density at radius 1 is 1.06 bits per heavy atom. The van der Waals surface area contributed by atoms with Gasteiger partial charge in [0.2, 0.25) is 5.91 Å². The number of aromatic nitrogens is 2. The second-order valence-corrected chi connectivity index (χ2v) is 8.63. The van der Waals surface area contributed by atoms with Crippen LogP contribution < -0.4 is 5.32 Å². The van der Waals surface area contributed by atoms with E-state index < -0.39 is 5.92 Å². The number of benzene rings is 2. The Balaban J connectivity index is 1.56. The summed E-state index contributed by atoms with van der Waals surface area (Å²) in [6, 6.07) is 17.3. The molecule has 1 aliphatic rings. The van der Waals surface area contributed by atoms with Crippen molar-refractivity contribution in [3.8, 4) is 0 Å². The van der Waals surface area contributed by atoms with Crippen LogP contribution in [0.25, 0.3) is 0 Å². The molecule has 7 heteroatoms. The zero-order valence-corrected chi connectivity index (χ0v) is 19.0. The minimum Gasteiger partial charge on any atom is -0.355 e. The SMILES string of the molecule is CC1=Nc2cc(C)nn2C(c2ccc(Cl)c(Cl)c2)C1C(=O)NCCCc1ccccc1. The second kappa shape index (κ2) is 9.25. The fourth-order valence-corrected chi connectivity index (χ4v) is 4.34. The second-order valence-electron chi connectivity index (χ2n) is 7.82. The predicted molar refractivity (Wildman–Crippen MR) is 126 cm³/mol. The molecular formula is C24H24Cl2N4O. The molecule has 4 rings (SSSR count). The molecule has 0 saturated heterocycles. The molecule has 1 N–H and O–H groups in total. The molecule has 2 aromatic carbocycles. The Kier molecular flexibility index (Phi) is 6.44. The summed E-state index contributed by atoms with van der Waals surface area (Å²) < 4.78 is 1.82. The lowest BCUT2D eigenvalue weighted by atomic mass is 9.87. The maximum absolute atomic E-state index is 13.3. The zero-order chi connectivity index (χ0) is 22.0. The molecule has 2 atom stereocenters. The summed E-state index contributed by atoms with van der Waals surface area (Å²) in [5.41, 5.74) is 3.74. The van der Waals surface area contributed by atoms with Crippen LogP contribution in [0.5, 0.6) is 0 Å². The number of nitrogens with one attached hydrogen (secondary N) is 1. The van der Waals surface area contributed by atoms with Crippen LogP contribution in [-0.2, 0) is 11.2 Å². The minimum absolute atomic E-state index is 0.0656. The maximum Gasteiger partial charge on any atom is 0.231 e. The summed E-state index contributed by atoms with van der Waals surface area (Å²) >= 11 is 12.4. The van der Waals surface area contributed by atoms with Crippen LogP contribution in [0.1, 0.15) is 36.2 Å². The van der Waals surface area contributed by atoms with Crippen molar-refractivity contribution in [1.82, 2.24) is 15.1 Å². The molecule has 31 heavy (non-hydrogen) atoms. The fraction of sp³-hybridized carbons (Fsp3) is 0.292. The number of aliphatic imine (C=N–C) groups is 1. The molecule has 2 heterocycles. The first-order valence-electron chi connectivity index (χ1n) is 10.3. The van der Waals surface area contributed by atoms with E-state index in [-0.39, 0.29) is 11.9 Å². The Bertz CT molecular complexity index is 1120. The van der Waals surface area contributed by atoms with Gasteiger partial charge in [0.15, 0.2) is 5.82 Å². The summed E-state index contributed by atoms with van der Waals surface area (Å²) in [5.74, 6) is 0.184. The first-order chi connectivity index (χ1) is 14.9. The van der Waals surface area contributed by atoms with E-state index in [4.69, 9.17) is 23.2 Å². The monoisotopic (exact) mass is 454 g/mol. The summed E-state index contributed by atoms with van der Waals surface area (Å²) in [6.45, 7) is 4.40. The number of carbonyl (C=O) groups is 1. The van der Waals surface area contributed by atoms with Gasteiger partial charge in [-0.2, -0.15) is 5.10 Å². The van der Waals surface area contributed by atoms with Crippen LogP contribution in [0, 0.1) is 12.8 Å². The molecule has 5 nitrogen and oxygen atoms in total. The van der Waals surface area contributed by atoms with Gasteiger partial charge in [-0.3, -0.25) is 4.79 Å². The van der Waals surface area contributed by atoms with Crippen molar-refractivity contribution in [3.63, 3.8) is 0 Å². The van der Waals surface area contributed by atoms with E-state index in [1.807, 2.05) is 54.9 Å². The zero-order valence-electron chi connectivity index (χ0n) is 17.5. The molecule has 0 aliphatic carbocycles. The number of aryl methyl sites for hydroxylation is 2. The highest BCUT2D eigenvalue weighted by atomic mass is 35.5. The molecule has 160 valence electrons. The molecular weight excluding hydrogens is 431 g/mol. The van der Waals surface area contributed by atoms with Gasteiger partial charge in [0.05, 0.1) is 21.8 Å². The first kappa shape index (κ1) is 21.6. The molecule has 2 unspecified atom stereocenters. The molecule has 0 bridgehead atoms. The topological polar surface area (TPSA) is 59.3 Å². The normalized spacial score (nSPS) is 17.7. The number of rotatable bonds is 6. The number of hydrogen-bond donors (Lipinski definition) is 1. The third kappa shape index (κ3) is 4.68. The molecule has 1 aliphatic heterocycles. The Labute approximate surface area is 192 Å². The molecule has 1 amide bonds. The highest BCUT2D eigenvalue weighted by Crippen LogP contribution is 2.38. The van der Waals surface area contributed by atoms with Gasteiger partial charge < -0.3 is 5.32 Å². The van der Waals surface area contributed by atoms with Gasteiger partial charge in [-0.25, -0.2) is 9.67 Å². The molecule has 0 saturated carbocycles. The first-order valence-corrected chi connectivity index (χ1v) is 11.1. The van der Waals surface area contributed by atoms with E-state index in [9.17, 15) is 4.79 Å². The Morgan fingerprint density at radius 3 is 2.58 bits per heavy atom. The molecule has 1 aromatic heterocycles. The summed E-state index contributed by atoms with van der Waals surface area (Å²) in [5, 5.41) is 8.64. The van der Waals surface area contributed by atoms with Crippen molar-refractivity contribution in [2.45, 2.75) is 32.7 Å². The highest BCUT2D eigenvalue weighted by Gasteiger charge is 2.38. The van der Waals surface area contributed by atoms with Gasteiger partial charge in [-0.05, 0) is 49.9 Å². The van der Waals surface area contributed by atoms with E-state index in [0.29, 0.717) is 16.6 Å². The van der Waals surface area contributed by atoms with E-state index in [1.54, 1.807) is 6.07 Å². The van der Waals surface area contributed by atoms with Gasteiger partial charge in [-0.1, -0.05) is 59.6 Å². The standard InChI is InChI=1S/C24H24Cl2N4O/c1-15-13-21-28-16(2)22(24(31)27-12-6-9-17-7-4-3-5-8-17)23(30(21)29-15)18-10-11-19(25)20(26)14-18/h3-5,7-8,10-11,13-14,22-23H,6,9,12H2,1-2H3,(H,27,31). The van der Waals surface area contributed by atoms with Crippen molar-refractivity contribution in [1.29, 1.82) is 0 Å². The van der Waals surface area contributed by atoms with Crippen LogP contribution >= 0.6 is 23.2 Å². The Hall–Kier alpha value is -2.63. The van der Waals surface area contributed by atoms with Crippen molar-refractivity contribution >= 4 is 40.6 Å². The maximum atomic E-state index is 13.3. The van der Waals surface area contributed by atoms with Gasteiger partial charge in [0, 0.05) is 18.3 Å². The van der Waals surface area contributed by atoms with Crippen LogP contribution in [0.15, 0.2) is 59.6 Å².